The molecule has 1 aromatic carbocycles. The van der Waals surface area contributed by atoms with Crippen LogP contribution in [-0.2, 0) is 4.79 Å². The third-order valence-corrected chi connectivity index (χ3v) is 5.96. The fourth-order valence-corrected chi connectivity index (χ4v) is 4.24. The van der Waals surface area contributed by atoms with Gasteiger partial charge in [-0.15, -0.1) is 0 Å². The van der Waals surface area contributed by atoms with Crippen molar-refractivity contribution < 1.29 is 9.53 Å². The third kappa shape index (κ3) is 5.12. The molecule has 1 saturated carbocycles. The van der Waals surface area contributed by atoms with E-state index in [2.05, 4.69) is 20.9 Å². The van der Waals surface area contributed by atoms with Gasteiger partial charge in [-0.3, -0.25) is 9.59 Å². The van der Waals surface area contributed by atoms with Gasteiger partial charge in [0, 0.05) is 35.4 Å². The molecule has 1 amide bonds. The molecule has 0 aliphatic heterocycles. The first-order chi connectivity index (χ1) is 12.9. The van der Waals surface area contributed by atoms with E-state index in [-0.39, 0.29) is 17.4 Å². The molecule has 1 fully saturated rings. The van der Waals surface area contributed by atoms with Gasteiger partial charge in [0.1, 0.15) is 5.75 Å². The lowest BCUT2D eigenvalue weighted by Gasteiger charge is -2.32. The van der Waals surface area contributed by atoms with Gasteiger partial charge in [-0.05, 0) is 52.9 Å². The highest BCUT2D eigenvalue weighted by atomic mass is 79.9. The zero-order valence-electron chi connectivity index (χ0n) is 16.0. The lowest BCUT2D eigenvalue weighted by Crippen LogP contribution is -2.39. The average Bonchev–Trinajstić information content (AvgIpc) is 2.67. The summed E-state index contributed by atoms with van der Waals surface area (Å²) in [5, 5.41) is 0.903. The van der Waals surface area contributed by atoms with Crippen molar-refractivity contribution in [2.75, 3.05) is 13.7 Å². The maximum Gasteiger partial charge on any atom is 0.248 e. The van der Waals surface area contributed by atoms with E-state index in [9.17, 15) is 9.59 Å². The van der Waals surface area contributed by atoms with E-state index in [1.54, 1.807) is 6.07 Å². The number of nitrogens with one attached hydrogen (secondary N) is 1. The number of aromatic amines is 1. The van der Waals surface area contributed by atoms with Crippen LogP contribution in [0.3, 0.4) is 0 Å². The minimum Gasteiger partial charge on any atom is -0.493 e. The molecule has 2 aromatic rings. The molecule has 1 atom stereocenters. The first-order valence-electron chi connectivity index (χ1n) is 9.65. The highest BCUT2D eigenvalue weighted by Crippen LogP contribution is 2.28. The maximum absolute atomic E-state index is 12.6. The van der Waals surface area contributed by atoms with Crippen molar-refractivity contribution in [3.63, 3.8) is 0 Å². The summed E-state index contributed by atoms with van der Waals surface area (Å²) in [5.74, 6) is 1.06. The molecule has 1 N–H and O–H groups in total. The van der Waals surface area contributed by atoms with Gasteiger partial charge in [0.2, 0.25) is 11.5 Å². The predicted octanol–water partition coefficient (Wildman–Crippen LogP) is 4.49. The summed E-state index contributed by atoms with van der Waals surface area (Å²) in [5.41, 5.74) is 0.623. The molecular formula is C21H27BrN2O3. The van der Waals surface area contributed by atoms with Crippen molar-refractivity contribution in [1.82, 2.24) is 9.88 Å². The summed E-state index contributed by atoms with van der Waals surface area (Å²) in [6.07, 6.45) is 6.49. The third-order valence-electron chi connectivity index (χ3n) is 5.33. The van der Waals surface area contributed by atoms with Crippen molar-refractivity contribution in [3.8, 4) is 5.75 Å². The summed E-state index contributed by atoms with van der Waals surface area (Å²) in [6.45, 7) is 2.52. The number of amides is 1. The summed E-state index contributed by atoms with van der Waals surface area (Å²) < 4.78 is 6.71. The second-order valence-corrected chi connectivity index (χ2v) is 8.46. The number of nitrogens with zero attached hydrogens (tertiary/aromatic N) is 1. The van der Waals surface area contributed by atoms with Gasteiger partial charge in [-0.2, -0.15) is 0 Å². The Bertz CT molecular complexity index is 858. The Kier molecular flexibility index (Phi) is 6.58. The molecule has 1 aromatic heterocycles. The smallest absolute Gasteiger partial charge is 0.248 e. The molecule has 146 valence electrons. The Morgan fingerprint density at radius 2 is 2.04 bits per heavy atom. The van der Waals surface area contributed by atoms with E-state index in [0.717, 1.165) is 34.0 Å². The fraction of sp³-hybridized carbons (Fsp3) is 0.524. The molecule has 6 heteroatoms. The molecule has 1 aliphatic carbocycles. The van der Waals surface area contributed by atoms with Crippen molar-refractivity contribution in [3.05, 3.63) is 39.1 Å². The molecule has 0 saturated heterocycles. The molecule has 1 heterocycles. The Balaban J connectivity index is 1.56. The standard InChI is InChI=1S/C21H27BrN2O3/c1-14(10-20(26)24(2)16-6-4-3-5-7-16)13-27-17-11-15-8-9-19(25)23-21(15)18(22)12-17/h8-9,11-12,14,16H,3-7,10,13H2,1-2H3,(H,23,25). The van der Waals surface area contributed by atoms with Crippen molar-refractivity contribution >= 4 is 32.7 Å². The number of H-pyrrole nitrogens is 1. The normalized spacial score (nSPS) is 16.3. The van der Waals surface area contributed by atoms with Gasteiger partial charge in [0.25, 0.3) is 0 Å². The minimum atomic E-state index is -0.133. The topological polar surface area (TPSA) is 62.4 Å². The number of benzene rings is 1. The second-order valence-electron chi connectivity index (χ2n) is 7.61. The van der Waals surface area contributed by atoms with Gasteiger partial charge in [0.05, 0.1) is 12.1 Å². The van der Waals surface area contributed by atoms with Crippen LogP contribution in [0, 0.1) is 5.92 Å². The van der Waals surface area contributed by atoms with Crippen LogP contribution >= 0.6 is 15.9 Å². The number of aromatic nitrogens is 1. The number of carbonyl (C=O) groups excluding carboxylic acids is 1. The Labute approximate surface area is 168 Å². The molecule has 0 bridgehead atoms. The van der Waals surface area contributed by atoms with Gasteiger partial charge in [-0.1, -0.05) is 26.2 Å². The van der Waals surface area contributed by atoms with Crippen molar-refractivity contribution in [2.24, 2.45) is 5.92 Å². The number of halogens is 1. The van der Waals surface area contributed by atoms with E-state index < -0.39 is 0 Å². The second kappa shape index (κ2) is 8.91. The Morgan fingerprint density at radius 1 is 1.30 bits per heavy atom. The number of hydrogen-bond acceptors (Lipinski definition) is 3. The highest BCUT2D eigenvalue weighted by molar-refractivity contribution is 9.10. The molecule has 27 heavy (non-hydrogen) atoms. The minimum absolute atomic E-state index is 0.133. The molecule has 0 radical (unpaired) electrons. The number of hydrogen-bond donors (Lipinski definition) is 1. The lowest BCUT2D eigenvalue weighted by molar-refractivity contribution is -0.133. The molecule has 1 unspecified atom stereocenters. The van der Waals surface area contributed by atoms with Crippen LogP contribution < -0.4 is 10.3 Å². The number of carbonyl (C=O) groups is 1. The van der Waals surface area contributed by atoms with Gasteiger partial charge in [-0.25, -0.2) is 0 Å². The van der Waals surface area contributed by atoms with Crippen LogP contribution in [-0.4, -0.2) is 35.5 Å². The summed E-state index contributed by atoms with van der Waals surface area (Å²) in [4.78, 5) is 28.8. The maximum atomic E-state index is 12.6. The number of ether oxygens (including phenoxy) is 1. The molecule has 5 nitrogen and oxygen atoms in total. The van der Waals surface area contributed by atoms with Crippen LogP contribution in [0.15, 0.2) is 33.5 Å². The Hall–Kier alpha value is -1.82. The van der Waals surface area contributed by atoms with Crippen LogP contribution in [0.1, 0.15) is 45.4 Å². The number of rotatable bonds is 6. The first-order valence-corrected chi connectivity index (χ1v) is 10.4. The van der Waals surface area contributed by atoms with Crippen LogP contribution in [0.4, 0.5) is 0 Å². The predicted molar refractivity (Wildman–Crippen MR) is 111 cm³/mol. The average molecular weight is 435 g/mol. The lowest BCUT2D eigenvalue weighted by atomic mass is 9.94. The number of fused-ring (bicyclic) bond motifs is 1. The SMILES string of the molecule is CC(COc1cc(Br)c2[nH]c(=O)ccc2c1)CC(=O)N(C)C1CCCCC1. The van der Waals surface area contributed by atoms with Crippen molar-refractivity contribution in [2.45, 2.75) is 51.5 Å². The summed E-state index contributed by atoms with van der Waals surface area (Å²) in [6, 6.07) is 7.43. The Morgan fingerprint density at radius 3 is 2.78 bits per heavy atom. The zero-order valence-corrected chi connectivity index (χ0v) is 17.5. The van der Waals surface area contributed by atoms with Gasteiger partial charge >= 0.3 is 0 Å². The molecule has 0 spiro atoms. The molecule has 1 aliphatic rings. The van der Waals surface area contributed by atoms with Crippen LogP contribution in [0.2, 0.25) is 0 Å². The zero-order chi connectivity index (χ0) is 19.4. The van der Waals surface area contributed by atoms with Gasteiger partial charge in [0.15, 0.2) is 0 Å². The molecule has 3 rings (SSSR count). The van der Waals surface area contributed by atoms with Gasteiger partial charge < -0.3 is 14.6 Å². The highest BCUT2D eigenvalue weighted by Gasteiger charge is 2.23. The monoisotopic (exact) mass is 434 g/mol. The van der Waals surface area contributed by atoms with E-state index in [1.165, 1.54) is 25.3 Å². The summed E-state index contributed by atoms with van der Waals surface area (Å²) >= 11 is 3.48. The molecular weight excluding hydrogens is 408 g/mol. The number of pyridine rings is 1. The first kappa shape index (κ1) is 19.9. The fourth-order valence-electron chi connectivity index (χ4n) is 3.69. The van der Waals surface area contributed by atoms with Crippen molar-refractivity contribution in [1.29, 1.82) is 0 Å². The largest absolute Gasteiger partial charge is 0.493 e. The van der Waals surface area contributed by atoms with E-state index in [1.807, 2.05) is 31.0 Å². The van der Waals surface area contributed by atoms with Crippen LogP contribution in [0.25, 0.3) is 10.9 Å². The van der Waals surface area contributed by atoms with Crippen LogP contribution in [0.5, 0.6) is 5.75 Å². The van der Waals surface area contributed by atoms with E-state index in [0.29, 0.717) is 19.1 Å². The quantitative estimate of drug-likeness (QED) is 0.728. The van der Waals surface area contributed by atoms with E-state index >= 15 is 0 Å². The summed E-state index contributed by atoms with van der Waals surface area (Å²) in [7, 11) is 1.94. The van der Waals surface area contributed by atoms with E-state index in [4.69, 9.17) is 4.74 Å².